The minimum absolute atomic E-state index is 0.0770. The average molecular weight is 436 g/mol. The molecule has 32 heavy (non-hydrogen) atoms. The highest BCUT2D eigenvalue weighted by atomic mass is 16.5. The minimum atomic E-state index is -0.877. The highest BCUT2D eigenvalue weighted by molar-refractivity contribution is 5.95. The average Bonchev–Trinajstić information content (AvgIpc) is 3.29. The second-order valence-corrected chi connectivity index (χ2v) is 8.12. The van der Waals surface area contributed by atoms with E-state index < -0.39 is 24.0 Å². The molecule has 0 aliphatic carbocycles. The van der Waals surface area contributed by atoms with E-state index in [2.05, 4.69) is 10.3 Å². The number of amides is 1. The first-order valence-corrected chi connectivity index (χ1v) is 10.7. The molecule has 2 unspecified atom stereocenters. The quantitative estimate of drug-likeness (QED) is 0.469. The van der Waals surface area contributed by atoms with Crippen molar-refractivity contribution in [3.63, 3.8) is 0 Å². The summed E-state index contributed by atoms with van der Waals surface area (Å²) >= 11 is 0. The molecule has 0 saturated carbocycles. The van der Waals surface area contributed by atoms with Crippen molar-refractivity contribution in [2.24, 2.45) is 11.7 Å². The van der Waals surface area contributed by atoms with E-state index in [1.54, 1.807) is 0 Å². The third-order valence-electron chi connectivity index (χ3n) is 4.89. The molecule has 7 nitrogen and oxygen atoms in total. The molecule has 0 aliphatic heterocycles. The topological polar surface area (TPSA) is 107 Å². The molecule has 3 rings (SSSR count). The van der Waals surface area contributed by atoms with Crippen molar-refractivity contribution < 1.29 is 18.7 Å². The summed E-state index contributed by atoms with van der Waals surface area (Å²) in [5.41, 5.74) is 7.93. The molecule has 0 bridgehead atoms. The van der Waals surface area contributed by atoms with E-state index in [4.69, 9.17) is 14.9 Å². The van der Waals surface area contributed by atoms with Crippen LogP contribution < -0.4 is 11.1 Å². The zero-order valence-electron chi connectivity index (χ0n) is 18.4. The summed E-state index contributed by atoms with van der Waals surface area (Å²) in [6, 6.07) is 17.5. The second kappa shape index (κ2) is 11.2. The largest absolute Gasteiger partial charge is 0.459 e. The number of hydrogen-bond acceptors (Lipinski definition) is 6. The van der Waals surface area contributed by atoms with Gasteiger partial charge in [0.25, 0.3) is 5.91 Å². The van der Waals surface area contributed by atoms with Crippen LogP contribution in [0.25, 0.3) is 0 Å². The maximum Gasteiger partial charge on any atom is 0.329 e. The molecule has 0 fully saturated rings. The minimum Gasteiger partial charge on any atom is -0.459 e. The molecule has 0 radical (unpaired) electrons. The molecule has 168 valence electrons. The second-order valence-electron chi connectivity index (χ2n) is 8.12. The van der Waals surface area contributed by atoms with Gasteiger partial charge in [-0.3, -0.25) is 4.79 Å². The molecule has 2 aromatic carbocycles. The summed E-state index contributed by atoms with van der Waals surface area (Å²) < 4.78 is 10.9. The lowest BCUT2D eigenvalue weighted by Gasteiger charge is -2.17. The van der Waals surface area contributed by atoms with Crippen LogP contribution in [0.2, 0.25) is 0 Å². The van der Waals surface area contributed by atoms with Gasteiger partial charge in [0.2, 0.25) is 5.89 Å². The van der Waals surface area contributed by atoms with Crippen LogP contribution in [0.15, 0.2) is 71.3 Å². The number of ether oxygens (including phenoxy) is 1. The van der Waals surface area contributed by atoms with E-state index >= 15 is 0 Å². The number of nitrogens with one attached hydrogen (secondary N) is 1. The van der Waals surface area contributed by atoms with Gasteiger partial charge in [-0.2, -0.15) is 0 Å². The first-order valence-electron chi connectivity index (χ1n) is 10.7. The zero-order chi connectivity index (χ0) is 22.9. The van der Waals surface area contributed by atoms with Crippen molar-refractivity contribution in [1.82, 2.24) is 10.3 Å². The van der Waals surface area contributed by atoms with Gasteiger partial charge in [0.15, 0.2) is 5.69 Å². The Morgan fingerprint density at radius 1 is 1.03 bits per heavy atom. The molecule has 1 amide bonds. The summed E-state index contributed by atoms with van der Waals surface area (Å²) in [7, 11) is 0. The lowest BCUT2D eigenvalue weighted by molar-refractivity contribution is -0.147. The molecule has 2 atom stereocenters. The molecule has 1 aromatic heterocycles. The Bertz CT molecular complexity index is 1000. The first kappa shape index (κ1) is 23.2. The summed E-state index contributed by atoms with van der Waals surface area (Å²) in [6.45, 7) is 4.22. The highest BCUT2D eigenvalue weighted by Crippen LogP contribution is 2.18. The number of carbonyl (C=O) groups excluding carboxylic acids is 2. The van der Waals surface area contributed by atoms with E-state index in [0.29, 0.717) is 18.2 Å². The maximum absolute atomic E-state index is 12.8. The number of nitrogens with zero attached hydrogens (tertiary/aromatic N) is 1. The van der Waals surface area contributed by atoms with Crippen LogP contribution in [0.5, 0.6) is 0 Å². The Hall–Kier alpha value is -3.45. The SMILES string of the molecule is CC(C)CC(N)c1nc(C(=O)NC(Cc2ccccc2)C(=O)OCc2ccccc2)co1. The standard InChI is InChI=1S/C25H29N3O4/c1-17(2)13-20(26)24-28-22(16-31-24)23(29)27-21(14-18-9-5-3-6-10-18)25(30)32-15-19-11-7-4-8-12-19/h3-12,16-17,20-21H,13-15,26H2,1-2H3,(H,27,29). The van der Waals surface area contributed by atoms with E-state index in [9.17, 15) is 9.59 Å². The van der Waals surface area contributed by atoms with Crippen LogP contribution in [0.1, 0.15) is 53.8 Å². The Morgan fingerprint density at radius 2 is 1.66 bits per heavy atom. The fourth-order valence-electron chi connectivity index (χ4n) is 3.28. The summed E-state index contributed by atoms with van der Waals surface area (Å²) in [5, 5.41) is 2.73. The summed E-state index contributed by atoms with van der Waals surface area (Å²) in [5.74, 6) is -0.375. The third-order valence-corrected chi connectivity index (χ3v) is 4.89. The molecule has 3 N–H and O–H groups in total. The predicted molar refractivity (Wildman–Crippen MR) is 121 cm³/mol. The number of carbonyl (C=O) groups is 2. The van der Waals surface area contributed by atoms with Crippen LogP contribution in [0.3, 0.4) is 0 Å². The number of nitrogens with two attached hydrogens (primary N) is 1. The van der Waals surface area contributed by atoms with Gasteiger partial charge in [-0.15, -0.1) is 0 Å². The monoisotopic (exact) mass is 435 g/mol. The molecular weight excluding hydrogens is 406 g/mol. The van der Waals surface area contributed by atoms with Crippen LogP contribution >= 0.6 is 0 Å². The van der Waals surface area contributed by atoms with Gasteiger partial charge in [0, 0.05) is 6.42 Å². The molecule has 1 heterocycles. The van der Waals surface area contributed by atoms with Gasteiger partial charge in [-0.25, -0.2) is 9.78 Å². The van der Waals surface area contributed by atoms with Crippen molar-refractivity contribution in [2.75, 3.05) is 0 Å². The van der Waals surface area contributed by atoms with Crippen molar-refractivity contribution in [2.45, 2.75) is 45.4 Å². The fourth-order valence-corrected chi connectivity index (χ4v) is 3.28. The van der Waals surface area contributed by atoms with Gasteiger partial charge >= 0.3 is 5.97 Å². The van der Waals surface area contributed by atoms with Crippen molar-refractivity contribution in [3.05, 3.63) is 89.6 Å². The van der Waals surface area contributed by atoms with E-state index in [1.165, 1.54) is 6.26 Å². The van der Waals surface area contributed by atoms with Crippen molar-refractivity contribution in [3.8, 4) is 0 Å². The van der Waals surface area contributed by atoms with Gasteiger partial charge in [0.1, 0.15) is 18.9 Å². The molecule has 0 spiro atoms. The molecule has 7 heteroatoms. The van der Waals surface area contributed by atoms with Crippen molar-refractivity contribution in [1.29, 1.82) is 0 Å². The van der Waals surface area contributed by atoms with Crippen LogP contribution in [-0.4, -0.2) is 22.9 Å². The lowest BCUT2D eigenvalue weighted by atomic mass is 10.0. The molecule has 0 saturated heterocycles. The third kappa shape index (κ3) is 6.78. The van der Waals surface area contributed by atoms with E-state index in [-0.39, 0.29) is 18.7 Å². The number of rotatable bonds is 10. The van der Waals surface area contributed by atoms with Gasteiger partial charge in [0.05, 0.1) is 6.04 Å². The first-order chi connectivity index (χ1) is 15.4. The number of esters is 1. The van der Waals surface area contributed by atoms with Gasteiger partial charge in [-0.1, -0.05) is 74.5 Å². The number of aromatic nitrogens is 1. The molecule has 0 aliphatic rings. The Kier molecular flexibility index (Phi) is 8.16. The Morgan fingerprint density at radius 3 is 2.28 bits per heavy atom. The van der Waals surface area contributed by atoms with E-state index in [0.717, 1.165) is 11.1 Å². The Balaban J connectivity index is 1.69. The van der Waals surface area contributed by atoms with Gasteiger partial charge in [-0.05, 0) is 23.5 Å². The zero-order valence-corrected chi connectivity index (χ0v) is 18.4. The van der Waals surface area contributed by atoms with Crippen molar-refractivity contribution >= 4 is 11.9 Å². The molecular formula is C25H29N3O4. The number of benzene rings is 2. The fraction of sp³-hybridized carbons (Fsp3) is 0.320. The lowest BCUT2D eigenvalue weighted by Crippen LogP contribution is -2.43. The Labute approximate surface area is 188 Å². The van der Waals surface area contributed by atoms with Crippen LogP contribution in [-0.2, 0) is 22.6 Å². The van der Waals surface area contributed by atoms with Gasteiger partial charge < -0.3 is 20.2 Å². The van der Waals surface area contributed by atoms with Crippen LogP contribution in [0.4, 0.5) is 0 Å². The summed E-state index contributed by atoms with van der Waals surface area (Å²) in [4.78, 5) is 29.8. The molecule has 3 aromatic rings. The van der Waals surface area contributed by atoms with E-state index in [1.807, 2.05) is 74.5 Å². The summed E-state index contributed by atoms with van der Waals surface area (Å²) in [6.07, 6.45) is 2.24. The maximum atomic E-state index is 12.8. The number of hydrogen-bond donors (Lipinski definition) is 2. The number of oxazole rings is 1. The smallest absolute Gasteiger partial charge is 0.329 e. The normalized spacial score (nSPS) is 12.9. The predicted octanol–water partition coefficient (Wildman–Crippen LogP) is 3.81. The van der Waals surface area contributed by atoms with Crippen LogP contribution in [0, 0.1) is 5.92 Å². The highest BCUT2D eigenvalue weighted by Gasteiger charge is 2.26.